The number of benzene rings is 1. The lowest BCUT2D eigenvalue weighted by Gasteiger charge is -2.33. The fourth-order valence-corrected chi connectivity index (χ4v) is 6.29. The normalized spacial score (nSPS) is 15.7. The molecular weight excluding hydrogens is 436 g/mol. The lowest BCUT2D eigenvalue weighted by molar-refractivity contribution is 0.0666. The number of hydrogen-bond donors (Lipinski definition) is 0. The van der Waals surface area contributed by atoms with Crippen LogP contribution >= 0.6 is 22.9 Å². The minimum absolute atomic E-state index is 0.0484. The van der Waals surface area contributed by atoms with Crippen molar-refractivity contribution >= 4 is 49.8 Å². The third-order valence-corrected chi connectivity index (χ3v) is 8.36. The Balaban J connectivity index is 1.51. The first-order valence-corrected chi connectivity index (χ1v) is 11.5. The van der Waals surface area contributed by atoms with Crippen molar-refractivity contribution < 1.29 is 17.6 Å². The molecule has 0 unspecified atom stereocenters. The number of carbonyl (C=O) groups is 1. The van der Waals surface area contributed by atoms with Crippen LogP contribution < -0.4 is 5.43 Å². The van der Waals surface area contributed by atoms with Crippen molar-refractivity contribution in [3.63, 3.8) is 0 Å². The van der Waals surface area contributed by atoms with Crippen LogP contribution in [-0.4, -0.2) is 49.7 Å². The van der Waals surface area contributed by atoms with Gasteiger partial charge in [0.1, 0.15) is 9.79 Å². The summed E-state index contributed by atoms with van der Waals surface area (Å²) in [6.45, 7) is 2.58. The molecule has 0 saturated carbocycles. The summed E-state index contributed by atoms with van der Waals surface area (Å²) < 4.78 is 32.9. The van der Waals surface area contributed by atoms with Crippen LogP contribution in [0.2, 0.25) is 4.34 Å². The Bertz CT molecular complexity index is 1260. The summed E-state index contributed by atoms with van der Waals surface area (Å²) in [6, 6.07) is 9.41. The molecule has 0 radical (unpaired) electrons. The molecule has 2 aromatic heterocycles. The number of carbonyl (C=O) groups excluding carboxylic acids is 1. The zero-order valence-corrected chi connectivity index (χ0v) is 17.8. The highest BCUT2D eigenvalue weighted by atomic mass is 35.5. The molecule has 29 heavy (non-hydrogen) atoms. The van der Waals surface area contributed by atoms with Gasteiger partial charge >= 0.3 is 0 Å². The molecule has 1 aliphatic rings. The summed E-state index contributed by atoms with van der Waals surface area (Å²) in [6.07, 6.45) is 0. The molecule has 1 aliphatic heterocycles. The van der Waals surface area contributed by atoms with Crippen LogP contribution in [0.3, 0.4) is 0 Å². The molecule has 3 aromatic rings. The molecule has 10 heteroatoms. The fourth-order valence-electron chi connectivity index (χ4n) is 3.23. The van der Waals surface area contributed by atoms with Crippen LogP contribution in [0.1, 0.15) is 16.1 Å². The zero-order valence-electron chi connectivity index (χ0n) is 15.4. The van der Waals surface area contributed by atoms with E-state index >= 15 is 0 Å². The van der Waals surface area contributed by atoms with Crippen molar-refractivity contribution in [1.29, 1.82) is 0 Å². The van der Waals surface area contributed by atoms with Crippen molar-refractivity contribution in [3.8, 4) is 0 Å². The molecule has 0 spiro atoms. The number of piperazine rings is 1. The highest BCUT2D eigenvalue weighted by Crippen LogP contribution is 2.28. The maximum atomic E-state index is 12.8. The van der Waals surface area contributed by atoms with Crippen LogP contribution in [0, 0.1) is 6.92 Å². The quantitative estimate of drug-likeness (QED) is 0.609. The van der Waals surface area contributed by atoms with Gasteiger partial charge in [0.05, 0.1) is 9.72 Å². The number of nitrogens with zero attached hydrogens (tertiary/aromatic N) is 2. The molecular formula is C19H17ClN2O5S2. The Morgan fingerprint density at radius 3 is 2.48 bits per heavy atom. The lowest BCUT2D eigenvalue weighted by Crippen LogP contribution is -2.50. The summed E-state index contributed by atoms with van der Waals surface area (Å²) in [4.78, 5) is 26.6. The minimum atomic E-state index is -3.64. The van der Waals surface area contributed by atoms with Crippen molar-refractivity contribution in [2.24, 2.45) is 0 Å². The zero-order chi connectivity index (χ0) is 20.8. The summed E-state index contributed by atoms with van der Waals surface area (Å²) in [5, 5.41) is 0.423. The number of hydrogen-bond acceptors (Lipinski definition) is 6. The summed E-state index contributed by atoms with van der Waals surface area (Å²) >= 11 is 6.85. The lowest BCUT2D eigenvalue weighted by atomic mass is 10.1. The summed E-state index contributed by atoms with van der Waals surface area (Å²) in [5.41, 5.74) is 0.990. The minimum Gasteiger partial charge on any atom is -0.451 e. The predicted molar refractivity (Wildman–Crippen MR) is 111 cm³/mol. The van der Waals surface area contributed by atoms with E-state index in [1.807, 2.05) is 6.92 Å². The van der Waals surface area contributed by atoms with Crippen LogP contribution in [0.25, 0.3) is 11.0 Å². The number of aryl methyl sites for hydroxylation is 1. The molecule has 0 atom stereocenters. The highest BCUT2D eigenvalue weighted by Gasteiger charge is 2.32. The smallest absolute Gasteiger partial charge is 0.289 e. The molecule has 1 saturated heterocycles. The standard InChI is InChI=1S/C19H17ClN2O5S2/c1-12-2-3-15-13(10-12)14(23)11-16(27-15)19(24)21-6-8-22(9-7-21)29(25,26)18-5-4-17(20)28-18/h2-5,10-11H,6-9H2,1H3. The van der Waals surface area contributed by atoms with E-state index in [2.05, 4.69) is 0 Å². The van der Waals surface area contributed by atoms with E-state index in [1.165, 1.54) is 21.3 Å². The van der Waals surface area contributed by atoms with E-state index in [9.17, 15) is 18.0 Å². The first kappa shape index (κ1) is 20.1. The second-order valence-electron chi connectivity index (χ2n) is 6.73. The van der Waals surface area contributed by atoms with Crippen LogP contribution in [-0.2, 0) is 10.0 Å². The average Bonchev–Trinajstić information content (AvgIpc) is 3.15. The SMILES string of the molecule is Cc1ccc2oc(C(=O)N3CCN(S(=O)(=O)c4ccc(Cl)s4)CC3)cc(=O)c2c1. The van der Waals surface area contributed by atoms with Crippen molar-refractivity contribution in [2.75, 3.05) is 26.2 Å². The largest absolute Gasteiger partial charge is 0.451 e. The number of fused-ring (bicyclic) bond motifs is 1. The number of rotatable bonds is 3. The molecule has 0 aliphatic carbocycles. The molecule has 1 fully saturated rings. The van der Waals surface area contributed by atoms with E-state index < -0.39 is 15.9 Å². The molecule has 152 valence electrons. The van der Waals surface area contributed by atoms with Crippen LogP contribution in [0.15, 0.2) is 49.8 Å². The van der Waals surface area contributed by atoms with Gasteiger partial charge in [0, 0.05) is 32.2 Å². The predicted octanol–water partition coefficient (Wildman–Crippen LogP) is 2.96. The van der Waals surface area contributed by atoms with Gasteiger partial charge in [0.25, 0.3) is 15.9 Å². The Labute approximate surface area is 176 Å². The number of halogens is 1. The Kier molecular flexibility index (Phi) is 5.24. The van der Waals surface area contributed by atoms with Crippen LogP contribution in [0.4, 0.5) is 0 Å². The van der Waals surface area contributed by atoms with Gasteiger partial charge in [-0.3, -0.25) is 9.59 Å². The summed E-state index contributed by atoms with van der Waals surface area (Å²) in [7, 11) is -3.64. The number of sulfonamides is 1. The molecule has 0 N–H and O–H groups in total. The van der Waals surface area contributed by atoms with E-state index in [1.54, 1.807) is 24.3 Å². The first-order chi connectivity index (χ1) is 13.8. The van der Waals surface area contributed by atoms with Gasteiger partial charge in [-0.2, -0.15) is 4.31 Å². The maximum absolute atomic E-state index is 12.8. The Morgan fingerprint density at radius 2 is 1.83 bits per heavy atom. The fraction of sp³-hybridized carbons (Fsp3) is 0.263. The monoisotopic (exact) mass is 452 g/mol. The van der Waals surface area contributed by atoms with Gasteiger partial charge in [-0.05, 0) is 31.2 Å². The Hall–Kier alpha value is -2.20. The van der Waals surface area contributed by atoms with Gasteiger partial charge in [0.2, 0.25) is 0 Å². The molecule has 3 heterocycles. The van der Waals surface area contributed by atoms with E-state index in [-0.39, 0.29) is 41.6 Å². The number of amides is 1. The first-order valence-electron chi connectivity index (χ1n) is 8.85. The van der Waals surface area contributed by atoms with Gasteiger partial charge < -0.3 is 9.32 Å². The van der Waals surface area contributed by atoms with E-state index in [0.29, 0.717) is 15.3 Å². The van der Waals surface area contributed by atoms with Gasteiger partial charge in [-0.15, -0.1) is 11.3 Å². The topological polar surface area (TPSA) is 87.9 Å². The van der Waals surface area contributed by atoms with E-state index in [0.717, 1.165) is 16.9 Å². The molecule has 4 rings (SSSR count). The molecule has 0 bridgehead atoms. The van der Waals surface area contributed by atoms with Crippen molar-refractivity contribution in [2.45, 2.75) is 11.1 Å². The van der Waals surface area contributed by atoms with Gasteiger partial charge in [-0.25, -0.2) is 8.42 Å². The third kappa shape index (κ3) is 3.83. The molecule has 1 amide bonds. The number of thiophene rings is 1. The Morgan fingerprint density at radius 1 is 1.10 bits per heavy atom. The second-order valence-corrected chi connectivity index (χ2v) is 10.6. The van der Waals surface area contributed by atoms with Gasteiger partial charge in [0.15, 0.2) is 11.2 Å². The average molecular weight is 453 g/mol. The third-order valence-electron chi connectivity index (χ3n) is 4.76. The van der Waals surface area contributed by atoms with Gasteiger partial charge in [-0.1, -0.05) is 23.2 Å². The second kappa shape index (κ2) is 7.56. The van der Waals surface area contributed by atoms with Crippen molar-refractivity contribution in [3.05, 3.63) is 62.3 Å². The summed E-state index contributed by atoms with van der Waals surface area (Å²) in [5.74, 6) is -0.478. The maximum Gasteiger partial charge on any atom is 0.289 e. The molecule has 1 aromatic carbocycles. The van der Waals surface area contributed by atoms with Crippen LogP contribution in [0.5, 0.6) is 0 Å². The van der Waals surface area contributed by atoms with Crippen molar-refractivity contribution in [1.82, 2.24) is 9.21 Å². The highest BCUT2D eigenvalue weighted by molar-refractivity contribution is 7.91. The van der Waals surface area contributed by atoms with E-state index in [4.69, 9.17) is 16.0 Å². The molecule has 7 nitrogen and oxygen atoms in total.